The number of thiocarbonyl (C=S) groups is 1. The molecule has 0 saturated heterocycles. The SMILES string of the molecule is CNC(=S)NN/C(=C/CC(=O)O)c1cccs1. The van der Waals surface area contributed by atoms with Crippen molar-refractivity contribution in [3.8, 4) is 0 Å². The van der Waals surface area contributed by atoms with Gasteiger partial charge in [0.15, 0.2) is 5.11 Å². The van der Waals surface area contributed by atoms with Crippen LogP contribution in [0.2, 0.25) is 0 Å². The van der Waals surface area contributed by atoms with E-state index < -0.39 is 5.97 Å². The Hall–Kier alpha value is -1.60. The Balaban J connectivity index is 2.70. The van der Waals surface area contributed by atoms with E-state index in [1.807, 2.05) is 17.5 Å². The van der Waals surface area contributed by atoms with Crippen molar-refractivity contribution in [1.82, 2.24) is 16.2 Å². The van der Waals surface area contributed by atoms with Crippen molar-refractivity contribution in [2.24, 2.45) is 0 Å². The second kappa shape index (κ2) is 6.87. The standard InChI is InChI=1S/C10H13N3O2S2/c1-11-10(16)13-12-7(4-5-9(14)15)8-3-2-6-17-8/h2-4,6,12H,5H2,1H3,(H,14,15)(H2,11,13,16)/b7-4+. The van der Waals surface area contributed by atoms with Gasteiger partial charge in [-0.05, 0) is 29.7 Å². The minimum Gasteiger partial charge on any atom is -0.481 e. The number of hydrazine groups is 1. The average molecular weight is 271 g/mol. The molecule has 0 bridgehead atoms. The van der Waals surface area contributed by atoms with Crippen LogP contribution in [0.5, 0.6) is 0 Å². The summed E-state index contributed by atoms with van der Waals surface area (Å²) in [6, 6.07) is 3.79. The second-order valence-electron chi connectivity index (χ2n) is 3.02. The molecule has 7 heteroatoms. The monoisotopic (exact) mass is 271 g/mol. The third kappa shape index (κ3) is 4.83. The van der Waals surface area contributed by atoms with Gasteiger partial charge in [0.2, 0.25) is 0 Å². The number of carboxylic acids is 1. The molecule has 17 heavy (non-hydrogen) atoms. The Morgan fingerprint density at radius 3 is 2.88 bits per heavy atom. The quantitative estimate of drug-likeness (QED) is 0.476. The van der Waals surface area contributed by atoms with Gasteiger partial charge in [-0.3, -0.25) is 15.6 Å². The maximum absolute atomic E-state index is 10.5. The van der Waals surface area contributed by atoms with Crippen LogP contribution in [-0.2, 0) is 4.79 Å². The van der Waals surface area contributed by atoms with Gasteiger partial charge in [0.05, 0.1) is 17.0 Å². The third-order valence-electron chi connectivity index (χ3n) is 1.81. The summed E-state index contributed by atoms with van der Waals surface area (Å²) >= 11 is 6.43. The molecule has 1 rings (SSSR count). The molecule has 1 aromatic rings. The first-order chi connectivity index (χ1) is 8.13. The molecule has 0 atom stereocenters. The number of carbonyl (C=O) groups is 1. The summed E-state index contributed by atoms with van der Waals surface area (Å²) < 4.78 is 0. The largest absolute Gasteiger partial charge is 0.481 e. The normalized spacial score (nSPS) is 10.8. The number of hydrogen-bond acceptors (Lipinski definition) is 4. The van der Waals surface area contributed by atoms with E-state index in [2.05, 4.69) is 16.2 Å². The van der Waals surface area contributed by atoms with E-state index in [1.165, 1.54) is 11.3 Å². The number of hydrogen-bond donors (Lipinski definition) is 4. The lowest BCUT2D eigenvalue weighted by Gasteiger charge is -2.12. The lowest BCUT2D eigenvalue weighted by atomic mass is 10.3. The molecular formula is C10H13N3O2S2. The zero-order chi connectivity index (χ0) is 12.7. The van der Waals surface area contributed by atoms with Crippen LogP contribution in [0, 0.1) is 0 Å². The molecule has 0 aliphatic heterocycles. The van der Waals surface area contributed by atoms with Crippen molar-refractivity contribution in [2.75, 3.05) is 7.05 Å². The van der Waals surface area contributed by atoms with Crippen LogP contribution in [0.1, 0.15) is 11.3 Å². The molecule has 92 valence electrons. The highest BCUT2D eigenvalue weighted by atomic mass is 32.1. The molecule has 0 aromatic carbocycles. The maximum atomic E-state index is 10.5. The van der Waals surface area contributed by atoms with E-state index in [4.69, 9.17) is 17.3 Å². The Morgan fingerprint density at radius 1 is 1.59 bits per heavy atom. The smallest absolute Gasteiger partial charge is 0.307 e. The Kier molecular flexibility index (Phi) is 5.44. The lowest BCUT2D eigenvalue weighted by molar-refractivity contribution is -0.135. The van der Waals surface area contributed by atoms with E-state index in [-0.39, 0.29) is 6.42 Å². The number of thiophene rings is 1. The molecule has 0 radical (unpaired) electrons. The van der Waals surface area contributed by atoms with Crippen molar-refractivity contribution < 1.29 is 9.90 Å². The van der Waals surface area contributed by atoms with Crippen molar-refractivity contribution in [3.05, 3.63) is 28.5 Å². The molecule has 1 aromatic heterocycles. The summed E-state index contributed by atoms with van der Waals surface area (Å²) in [5, 5.41) is 13.8. The number of nitrogens with one attached hydrogen (secondary N) is 3. The van der Waals surface area contributed by atoms with E-state index >= 15 is 0 Å². The van der Waals surface area contributed by atoms with Crippen LogP contribution in [0.25, 0.3) is 5.70 Å². The minimum absolute atomic E-state index is 0.0474. The predicted octanol–water partition coefficient (Wildman–Crippen LogP) is 1.16. The lowest BCUT2D eigenvalue weighted by Crippen LogP contribution is -2.41. The van der Waals surface area contributed by atoms with E-state index in [9.17, 15) is 4.79 Å². The van der Waals surface area contributed by atoms with Crippen LogP contribution in [0.15, 0.2) is 23.6 Å². The minimum atomic E-state index is -0.878. The molecule has 0 aliphatic carbocycles. The average Bonchev–Trinajstić information content (AvgIpc) is 2.81. The van der Waals surface area contributed by atoms with Crippen LogP contribution >= 0.6 is 23.6 Å². The number of rotatable bonds is 5. The Morgan fingerprint density at radius 2 is 2.35 bits per heavy atom. The highest BCUT2D eigenvalue weighted by Crippen LogP contribution is 2.17. The highest BCUT2D eigenvalue weighted by Gasteiger charge is 2.04. The van der Waals surface area contributed by atoms with Gasteiger partial charge in [-0.25, -0.2) is 0 Å². The second-order valence-corrected chi connectivity index (χ2v) is 4.38. The van der Waals surface area contributed by atoms with Crippen molar-refractivity contribution in [2.45, 2.75) is 6.42 Å². The van der Waals surface area contributed by atoms with Gasteiger partial charge in [0.1, 0.15) is 0 Å². The van der Waals surface area contributed by atoms with Crippen molar-refractivity contribution >= 4 is 40.3 Å². The fourth-order valence-corrected chi connectivity index (χ4v) is 1.79. The van der Waals surface area contributed by atoms with Gasteiger partial charge < -0.3 is 10.4 Å². The van der Waals surface area contributed by atoms with Crippen LogP contribution < -0.4 is 16.2 Å². The molecule has 0 spiro atoms. The van der Waals surface area contributed by atoms with Crippen LogP contribution in [-0.4, -0.2) is 23.2 Å². The Bertz CT molecular complexity index is 415. The fourth-order valence-electron chi connectivity index (χ4n) is 1.02. The van der Waals surface area contributed by atoms with Gasteiger partial charge in [0.25, 0.3) is 0 Å². The summed E-state index contributed by atoms with van der Waals surface area (Å²) in [6.45, 7) is 0. The first-order valence-electron chi connectivity index (χ1n) is 4.83. The highest BCUT2D eigenvalue weighted by molar-refractivity contribution is 7.80. The van der Waals surface area contributed by atoms with Gasteiger partial charge in [-0.15, -0.1) is 11.3 Å². The molecule has 0 unspecified atom stereocenters. The van der Waals surface area contributed by atoms with E-state index in [1.54, 1.807) is 13.1 Å². The topological polar surface area (TPSA) is 73.4 Å². The van der Waals surface area contributed by atoms with Gasteiger partial charge in [0, 0.05) is 7.05 Å². The number of carboxylic acid groups (broad SMARTS) is 1. The third-order valence-corrected chi connectivity index (χ3v) is 3.01. The summed E-state index contributed by atoms with van der Waals surface area (Å²) in [4.78, 5) is 11.5. The van der Waals surface area contributed by atoms with E-state index in [0.29, 0.717) is 10.8 Å². The summed E-state index contributed by atoms with van der Waals surface area (Å²) in [7, 11) is 1.70. The molecule has 5 nitrogen and oxygen atoms in total. The van der Waals surface area contributed by atoms with Crippen LogP contribution in [0.3, 0.4) is 0 Å². The zero-order valence-electron chi connectivity index (χ0n) is 9.19. The molecule has 0 aliphatic rings. The first kappa shape index (κ1) is 13.5. The van der Waals surface area contributed by atoms with Crippen LogP contribution in [0.4, 0.5) is 0 Å². The molecule has 0 amide bonds. The maximum Gasteiger partial charge on any atom is 0.307 e. The molecule has 0 saturated carbocycles. The summed E-state index contributed by atoms with van der Waals surface area (Å²) in [5.41, 5.74) is 6.34. The summed E-state index contributed by atoms with van der Waals surface area (Å²) in [5.74, 6) is -0.878. The van der Waals surface area contributed by atoms with E-state index in [0.717, 1.165) is 4.88 Å². The fraction of sp³-hybridized carbons (Fsp3) is 0.200. The first-order valence-corrected chi connectivity index (χ1v) is 6.12. The van der Waals surface area contributed by atoms with Crippen molar-refractivity contribution in [1.29, 1.82) is 0 Å². The predicted molar refractivity (Wildman–Crippen MR) is 72.5 cm³/mol. The molecular weight excluding hydrogens is 258 g/mol. The van der Waals surface area contributed by atoms with Crippen molar-refractivity contribution in [3.63, 3.8) is 0 Å². The number of aliphatic carboxylic acids is 1. The molecule has 1 heterocycles. The molecule has 0 fully saturated rings. The summed E-state index contributed by atoms with van der Waals surface area (Å²) in [6.07, 6.45) is 1.55. The van der Waals surface area contributed by atoms with Gasteiger partial charge in [-0.2, -0.15) is 0 Å². The Labute approximate surface area is 109 Å². The van der Waals surface area contributed by atoms with Gasteiger partial charge >= 0.3 is 5.97 Å². The molecule has 4 N–H and O–H groups in total. The zero-order valence-corrected chi connectivity index (χ0v) is 10.8. The van der Waals surface area contributed by atoms with Gasteiger partial charge in [-0.1, -0.05) is 6.07 Å².